The van der Waals surface area contributed by atoms with Crippen molar-refractivity contribution in [2.24, 2.45) is 0 Å². The molecule has 0 aliphatic rings. The number of carbonyl (C=O) groups excluding carboxylic acids is 2. The van der Waals surface area contributed by atoms with Crippen LogP contribution in [0.3, 0.4) is 0 Å². The maximum absolute atomic E-state index is 11.9. The molecule has 0 saturated heterocycles. The van der Waals surface area contributed by atoms with Gasteiger partial charge in [-0.2, -0.15) is 0 Å². The number of carbonyl (C=O) groups is 2. The summed E-state index contributed by atoms with van der Waals surface area (Å²) in [5, 5.41) is 5.18. The molecule has 0 fully saturated rings. The number of hydrogen-bond acceptors (Lipinski definition) is 5. The van der Waals surface area contributed by atoms with Gasteiger partial charge < -0.3 is 24.8 Å². The Morgan fingerprint density at radius 1 is 1.00 bits per heavy atom. The molecule has 0 unspecified atom stereocenters. The maximum atomic E-state index is 11.9. The molecule has 0 bridgehead atoms. The fourth-order valence-corrected chi connectivity index (χ4v) is 2.00. The topological polar surface area (TPSA) is 85.9 Å². The Morgan fingerprint density at radius 3 is 2.32 bits per heavy atom. The fourth-order valence-electron chi connectivity index (χ4n) is 2.00. The minimum absolute atomic E-state index is 0.00346. The number of urea groups is 1. The maximum Gasteiger partial charge on any atom is 0.337 e. The molecular weight excluding hydrogens is 324 g/mol. The molecule has 0 spiro atoms. The van der Waals surface area contributed by atoms with Crippen LogP contribution in [0.1, 0.15) is 17.3 Å². The first-order valence-electron chi connectivity index (χ1n) is 7.71. The van der Waals surface area contributed by atoms with E-state index in [1.165, 1.54) is 13.2 Å². The highest BCUT2D eigenvalue weighted by Crippen LogP contribution is 2.17. The van der Waals surface area contributed by atoms with E-state index in [-0.39, 0.29) is 6.73 Å². The van der Waals surface area contributed by atoms with Crippen LogP contribution in [0.5, 0.6) is 11.5 Å². The van der Waals surface area contributed by atoms with Crippen molar-refractivity contribution in [1.29, 1.82) is 0 Å². The van der Waals surface area contributed by atoms with Crippen LogP contribution >= 0.6 is 0 Å². The van der Waals surface area contributed by atoms with E-state index in [1.54, 1.807) is 42.5 Å². The third kappa shape index (κ3) is 5.72. The SMILES string of the molecule is CCOc1ccc(OCNC(=O)Nc2cccc(C(=O)OC)c2)cc1. The van der Waals surface area contributed by atoms with Crippen molar-refractivity contribution in [2.75, 3.05) is 25.8 Å². The molecule has 2 N–H and O–H groups in total. The van der Waals surface area contributed by atoms with Gasteiger partial charge in [-0.15, -0.1) is 0 Å². The number of ether oxygens (including phenoxy) is 3. The summed E-state index contributed by atoms with van der Waals surface area (Å²) in [5.74, 6) is 0.894. The summed E-state index contributed by atoms with van der Waals surface area (Å²) in [5.41, 5.74) is 0.826. The first-order valence-corrected chi connectivity index (χ1v) is 7.71. The Labute approximate surface area is 145 Å². The third-order valence-electron chi connectivity index (χ3n) is 3.15. The zero-order valence-corrected chi connectivity index (χ0v) is 14.1. The third-order valence-corrected chi connectivity index (χ3v) is 3.15. The number of nitrogens with one attached hydrogen (secondary N) is 2. The van der Waals surface area contributed by atoms with Crippen LogP contribution in [0, 0.1) is 0 Å². The van der Waals surface area contributed by atoms with Crippen LogP contribution in [0.4, 0.5) is 10.5 Å². The predicted octanol–water partition coefficient (Wildman–Crippen LogP) is 3.03. The van der Waals surface area contributed by atoms with E-state index in [4.69, 9.17) is 9.47 Å². The molecule has 2 aromatic rings. The molecule has 0 saturated carbocycles. The lowest BCUT2D eigenvalue weighted by atomic mass is 10.2. The highest BCUT2D eigenvalue weighted by atomic mass is 16.5. The quantitative estimate of drug-likeness (QED) is 0.596. The minimum atomic E-state index is -0.470. The zero-order valence-electron chi connectivity index (χ0n) is 14.1. The second-order valence-corrected chi connectivity index (χ2v) is 4.90. The second kappa shape index (κ2) is 9.17. The molecule has 2 amide bonds. The molecule has 132 valence electrons. The van der Waals surface area contributed by atoms with Crippen LogP contribution in [0.25, 0.3) is 0 Å². The number of anilines is 1. The van der Waals surface area contributed by atoms with E-state index >= 15 is 0 Å². The number of hydrogen-bond donors (Lipinski definition) is 2. The summed E-state index contributed by atoms with van der Waals surface area (Å²) in [7, 11) is 1.30. The van der Waals surface area contributed by atoms with E-state index in [0.29, 0.717) is 23.6 Å². The van der Waals surface area contributed by atoms with E-state index in [2.05, 4.69) is 15.4 Å². The van der Waals surface area contributed by atoms with Crippen molar-refractivity contribution in [2.45, 2.75) is 6.92 Å². The highest BCUT2D eigenvalue weighted by Gasteiger charge is 2.07. The summed E-state index contributed by atoms with van der Waals surface area (Å²) in [4.78, 5) is 23.3. The summed E-state index contributed by atoms with van der Waals surface area (Å²) in [6, 6.07) is 13.1. The minimum Gasteiger partial charge on any atom is -0.494 e. The fraction of sp³-hybridized carbons (Fsp3) is 0.222. The molecule has 0 aliphatic heterocycles. The molecule has 7 heteroatoms. The molecule has 0 aliphatic carbocycles. The average molecular weight is 344 g/mol. The molecule has 7 nitrogen and oxygen atoms in total. The van der Waals surface area contributed by atoms with Crippen molar-refractivity contribution in [3.8, 4) is 11.5 Å². The van der Waals surface area contributed by atoms with Crippen LogP contribution < -0.4 is 20.1 Å². The second-order valence-electron chi connectivity index (χ2n) is 4.90. The van der Waals surface area contributed by atoms with Gasteiger partial charge in [-0.3, -0.25) is 0 Å². The van der Waals surface area contributed by atoms with Crippen molar-refractivity contribution in [3.63, 3.8) is 0 Å². The number of amides is 2. The van der Waals surface area contributed by atoms with Crippen molar-refractivity contribution >= 4 is 17.7 Å². The van der Waals surface area contributed by atoms with Crippen LogP contribution in [0.15, 0.2) is 48.5 Å². The summed E-state index contributed by atoms with van der Waals surface area (Å²) in [6.07, 6.45) is 0. The summed E-state index contributed by atoms with van der Waals surface area (Å²) in [6.45, 7) is 2.50. The zero-order chi connectivity index (χ0) is 18.1. The predicted molar refractivity (Wildman–Crippen MR) is 93.0 cm³/mol. The summed E-state index contributed by atoms with van der Waals surface area (Å²) < 4.78 is 15.4. The molecule has 2 rings (SSSR count). The Balaban J connectivity index is 1.79. The van der Waals surface area contributed by atoms with Crippen LogP contribution in [0.2, 0.25) is 0 Å². The van der Waals surface area contributed by atoms with Gasteiger partial charge >= 0.3 is 12.0 Å². The van der Waals surface area contributed by atoms with Crippen LogP contribution in [-0.2, 0) is 4.74 Å². The monoisotopic (exact) mass is 344 g/mol. The molecule has 25 heavy (non-hydrogen) atoms. The molecule has 2 aromatic carbocycles. The van der Waals surface area contributed by atoms with Gasteiger partial charge in [-0.1, -0.05) is 6.07 Å². The van der Waals surface area contributed by atoms with Crippen LogP contribution in [-0.4, -0.2) is 32.4 Å². The first-order chi connectivity index (χ1) is 12.1. The molecular formula is C18H20N2O5. The lowest BCUT2D eigenvalue weighted by Crippen LogP contribution is -2.32. The van der Waals surface area contributed by atoms with Crippen molar-refractivity contribution in [3.05, 3.63) is 54.1 Å². The number of rotatable bonds is 7. The van der Waals surface area contributed by atoms with Gasteiger partial charge in [0.05, 0.1) is 19.3 Å². The number of methoxy groups -OCH3 is 1. The van der Waals surface area contributed by atoms with E-state index in [9.17, 15) is 9.59 Å². The molecule has 0 heterocycles. The average Bonchev–Trinajstić information content (AvgIpc) is 2.63. The largest absolute Gasteiger partial charge is 0.494 e. The lowest BCUT2D eigenvalue weighted by Gasteiger charge is -2.10. The first kappa shape index (κ1) is 18.1. The highest BCUT2D eigenvalue weighted by molar-refractivity contribution is 5.93. The van der Waals surface area contributed by atoms with Crippen molar-refractivity contribution in [1.82, 2.24) is 5.32 Å². The van der Waals surface area contributed by atoms with Gasteiger partial charge in [0, 0.05) is 5.69 Å². The normalized spacial score (nSPS) is 9.84. The van der Waals surface area contributed by atoms with Gasteiger partial charge in [-0.25, -0.2) is 9.59 Å². The Morgan fingerprint density at radius 2 is 1.68 bits per heavy atom. The smallest absolute Gasteiger partial charge is 0.337 e. The molecule has 0 atom stereocenters. The van der Waals surface area contributed by atoms with E-state index in [1.807, 2.05) is 6.92 Å². The lowest BCUT2D eigenvalue weighted by molar-refractivity contribution is 0.0600. The summed E-state index contributed by atoms with van der Waals surface area (Å²) >= 11 is 0. The number of benzene rings is 2. The Bertz CT molecular complexity index is 716. The van der Waals surface area contributed by atoms with Gasteiger partial charge in [0.2, 0.25) is 0 Å². The Hall–Kier alpha value is -3.22. The van der Waals surface area contributed by atoms with E-state index < -0.39 is 12.0 Å². The number of esters is 1. The van der Waals surface area contributed by atoms with Gasteiger partial charge in [0.1, 0.15) is 11.5 Å². The van der Waals surface area contributed by atoms with Gasteiger partial charge in [0.15, 0.2) is 6.73 Å². The molecule has 0 aromatic heterocycles. The van der Waals surface area contributed by atoms with E-state index in [0.717, 1.165) is 5.75 Å². The standard InChI is InChI=1S/C18H20N2O5/c1-3-24-15-7-9-16(10-8-15)25-12-19-18(22)20-14-6-4-5-13(11-14)17(21)23-2/h4-11H,3,12H2,1-2H3,(H2,19,20,22). The van der Waals surface area contributed by atoms with Gasteiger partial charge in [-0.05, 0) is 49.4 Å². The Kier molecular flexibility index (Phi) is 6.65. The van der Waals surface area contributed by atoms with Crippen molar-refractivity contribution < 1.29 is 23.8 Å². The molecule has 0 radical (unpaired) electrons. The van der Waals surface area contributed by atoms with Gasteiger partial charge in [0.25, 0.3) is 0 Å².